The van der Waals surface area contributed by atoms with E-state index in [1.807, 2.05) is 7.05 Å². The quantitative estimate of drug-likeness (QED) is 0.299. The van der Waals surface area contributed by atoms with Gasteiger partial charge in [-0.2, -0.15) is 0 Å². The monoisotopic (exact) mass is 439 g/mol. The Morgan fingerprint density at radius 1 is 1.35 bits per heavy atom. The van der Waals surface area contributed by atoms with E-state index in [0.717, 1.165) is 51.7 Å². The molecule has 2 rings (SSSR count). The van der Waals surface area contributed by atoms with Crippen LogP contribution in [0.2, 0.25) is 0 Å². The standard InChI is InChI=1S/C17H33N3O2.HI/c1-16(2)13-20(17(16,3)4)15(18-5)19-9-7-10-21-12-14-8-6-11-22-14;/h14H,6-13H2,1-5H3,(H,18,19);1H. The molecule has 0 spiro atoms. The first-order chi connectivity index (χ1) is 10.4. The molecule has 1 N–H and O–H groups in total. The van der Waals surface area contributed by atoms with Gasteiger partial charge in [-0.15, -0.1) is 24.0 Å². The molecule has 136 valence electrons. The SMILES string of the molecule is CN=C(NCCCOCC1CCCO1)N1CC(C)(C)C1(C)C.I. The van der Waals surface area contributed by atoms with Crippen LogP contribution >= 0.6 is 24.0 Å². The highest BCUT2D eigenvalue weighted by Gasteiger charge is 2.53. The Balaban J connectivity index is 0.00000264. The van der Waals surface area contributed by atoms with E-state index in [1.54, 1.807) is 0 Å². The molecule has 0 amide bonds. The number of likely N-dealkylation sites (tertiary alicyclic amines) is 1. The van der Waals surface area contributed by atoms with E-state index in [9.17, 15) is 0 Å². The number of ether oxygens (including phenoxy) is 2. The van der Waals surface area contributed by atoms with Crippen molar-refractivity contribution in [1.82, 2.24) is 10.2 Å². The fourth-order valence-corrected chi connectivity index (χ4v) is 3.06. The summed E-state index contributed by atoms with van der Waals surface area (Å²) in [5.41, 5.74) is 0.472. The van der Waals surface area contributed by atoms with Crippen LogP contribution in [0, 0.1) is 5.41 Å². The van der Waals surface area contributed by atoms with Crippen molar-refractivity contribution < 1.29 is 9.47 Å². The van der Waals surface area contributed by atoms with Gasteiger partial charge in [-0.25, -0.2) is 0 Å². The van der Waals surface area contributed by atoms with Gasteiger partial charge in [0.05, 0.1) is 12.7 Å². The molecule has 2 saturated heterocycles. The first kappa shape index (κ1) is 21.0. The van der Waals surface area contributed by atoms with Crippen molar-refractivity contribution >= 4 is 29.9 Å². The summed E-state index contributed by atoms with van der Waals surface area (Å²) in [5.74, 6) is 1.00. The number of halogens is 1. The molecule has 0 saturated carbocycles. The highest BCUT2D eigenvalue weighted by molar-refractivity contribution is 14.0. The number of nitrogens with one attached hydrogen (secondary N) is 1. The molecule has 23 heavy (non-hydrogen) atoms. The van der Waals surface area contributed by atoms with Gasteiger partial charge in [-0.3, -0.25) is 4.99 Å². The van der Waals surface area contributed by atoms with Gasteiger partial charge in [0.2, 0.25) is 0 Å². The van der Waals surface area contributed by atoms with Crippen molar-refractivity contribution in [2.45, 2.75) is 58.6 Å². The van der Waals surface area contributed by atoms with E-state index in [2.05, 4.69) is 42.9 Å². The fourth-order valence-electron chi connectivity index (χ4n) is 3.06. The summed E-state index contributed by atoms with van der Waals surface area (Å²) in [6.07, 6.45) is 3.63. The second-order valence-corrected chi connectivity index (χ2v) is 7.57. The maximum absolute atomic E-state index is 5.69. The summed E-state index contributed by atoms with van der Waals surface area (Å²) in [4.78, 5) is 6.78. The van der Waals surface area contributed by atoms with Crippen LogP contribution in [0.1, 0.15) is 47.0 Å². The van der Waals surface area contributed by atoms with Crippen molar-refractivity contribution in [3.05, 3.63) is 0 Å². The molecular formula is C17H34IN3O2. The van der Waals surface area contributed by atoms with Crippen LogP contribution in [0.3, 0.4) is 0 Å². The van der Waals surface area contributed by atoms with Crippen LogP contribution in [-0.2, 0) is 9.47 Å². The number of aliphatic imine (C=N–C) groups is 1. The minimum Gasteiger partial charge on any atom is -0.379 e. The van der Waals surface area contributed by atoms with Crippen molar-refractivity contribution in [1.29, 1.82) is 0 Å². The molecule has 2 aliphatic heterocycles. The molecule has 2 aliphatic rings. The molecule has 0 aromatic heterocycles. The van der Waals surface area contributed by atoms with Crippen molar-refractivity contribution in [2.24, 2.45) is 10.4 Å². The lowest BCUT2D eigenvalue weighted by molar-refractivity contribution is -0.0667. The summed E-state index contributed by atoms with van der Waals surface area (Å²) < 4.78 is 11.2. The molecule has 0 aromatic carbocycles. The summed E-state index contributed by atoms with van der Waals surface area (Å²) in [6, 6.07) is 0. The van der Waals surface area contributed by atoms with Crippen molar-refractivity contribution in [3.8, 4) is 0 Å². The predicted octanol–water partition coefficient (Wildman–Crippen LogP) is 2.89. The van der Waals surface area contributed by atoms with E-state index >= 15 is 0 Å². The Hall–Kier alpha value is -0.0800. The zero-order chi connectivity index (χ0) is 16.2. The van der Waals surface area contributed by atoms with Gasteiger partial charge >= 0.3 is 0 Å². The van der Waals surface area contributed by atoms with E-state index in [4.69, 9.17) is 9.47 Å². The van der Waals surface area contributed by atoms with Crippen molar-refractivity contribution in [3.63, 3.8) is 0 Å². The second-order valence-electron chi connectivity index (χ2n) is 7.57. The number of hydrogen-bond acceptors (Lipinski definition) is 3. The number of guanidine groups is 1. The van der Waals surface area contributed by atoms with E-state index in [1.165, 1.54) is 6.42 Å². The van der Waals surface area contributed by atoms with Gasteiger partial charge < -0.3 is 19.7 Å². The Bertz CT molecular complexity index is 393. The average molecular weight is 439 g/mol. The predicted molar refractivity (Wildman–Crippen MR) is 106 cm³/mol. The zero-order valence-electron chi connectivity index (χ0n) is 15.4. The second kappa shape index (κ2) is 8.85. The molecule has 0 radical (unpaired) electrons. The van der Waals surface area contributed by atoms with E-state index in [-0.39, 0.29) is 29.5 Å². The first-order valence-corrected chi connectivity index (χ1v) is 8.56. The normalized spacial score (nSPS) is 25.7. The number of rotatable bonds is 6. The van der Waals surface area contributed by atoms with Gasteiger partial charge in [-0.1, -0.05) is 13.8 Å². The minimum atomic E-state index is 0. The number of hydrogen-bond donors (Lipinski definition) is 1. The zero-order valence-corrected chi connectivity index (χ0v) is 17.7. The van der Waals surface area contributed by atoms with Crippen molar-refractivity contribution in [2.75, 3.05) is 40.0 Å². The molecule has 2 heterocycles. The Morgan fingerprint density at radius 3 is 2.61 bits per heavy atom. The summed E-state index contributed by atoms with van der Waals surface area (Å²) in [6.45, 7) is 13.6. The highest BCUT2D eigenvalue weighted by atomic mass is 127. The lowest BCUT2D eigenvalue weighted by Gasteiger charge is -2.62. The molecule has 2 fully saturated rings. The van der Waals surface area contributed by atoms with Crippen LogP contribution in [0.4, 0.5) is 0 Å². The molecule has 1 unspecified atom stereocenters. The minimum absolute atomic E-state index is 0. The molecule has 6 heteroatoms. The molecule has 1 atom stereocenters. The number of nitrogens with zero attached hydrogens (tertiary/aromatic N) is 2. The summed E-state index contributed by atoms with van der Waals surface area (Å²) in [7, 11) is 1.86. The summed E-state index contributed by atoms with van der Waals surface area (Å²) >= 11 is 0. The van der Waals surface area contributed by atoms with Crippen LogP contribution < -0.4 is 5.32 Å². The van der Waals surface area contributed by atoms with Gasteiger partial charge in [0.25, 0.3) is 0 Å². The molecule has 5 nitrogen and oxygen atoms in total. The van der Waals surface area contributed by atoms with Gasteiger partial charge in [0.15, 0.2) is 5.96 Å². The largest absolute Gasteiger partial charge is 0.379 e. The fraction of sp³-hybridized carbons (Fsp3) is 0.941. The smallest absolute Gasteiger partial charge is 0.194 e. The van der Waals surface area contributed by atoms with Gasteiger partial charge in [0, 0.05) is 44.3 Å². The maximum atomic E-state index is 5.69. The molecule has 0 bridgehead atoms. The van der Waals surface area contributed by atoms with Crippen LogP contribution in [0.15, 0.2) is 4.99 Å². The molecular weight excluding hydrogens is 405 g/mol. The third-order valence-electron chi connectivity index (χ3n) is 5.43. The first-order valence-electron chi connectivity index (χ1n) is 8.56. The third kappa shape index (κ3) is 4.95. The van der Waals surface area contributed by atoms with Crippen LogP contribution in [0.25, 0.3) is 0 Å². The maximum Gasteiger partial charge on any atom is 0.194 e. The van der Waals surface area contributed by atoms with E-state index < -0.39 is 0 Å². The Morgan fingerprint density at radius 2 is 2.09 bits per heavy atom. The summed E-state index contributed by atoms with van der Waals surface area (Å²) in [5, 5.41) is 3.46. The molecule has 0 aromatic rings. The average Bonchev–Trinajstić information content (AvgIpc) is 2.98. The van der Waals surface area contributed by atoms with Gasteiger partial charge in [-0.05, 0) is 33.1 Å². The van der Waals surface area contributed by atoms with E-state index in [0.29, 0.717) is 11.5 Å². The highest BCUT2D eigenvalue weighted by Crippen LogP contribution is 2.46. The van der Waals surface area contributed by atoms with Gasteiger partial charge in [0.1, 0.15) is 0 Å². The Kier molecular flexibility index (Phi) is 8.07. The topological polar surface area (TPSA) is 46.1 Å². The van der Waals surface area contributed by atoms with Crippen LogP contribution in [0.5, 0.6) is 0 Å². The van der Waals surface area contributed by atoms with Crippen LogP contribution in [-0.4, -0.2) is 62.5 Å². The lowest BCUT2D eigenvalue weighted by Crippen LogP contribution is -2.72. The lowest BCUT2D eigenvalue weighted by atomic mass is 9.65. The molecule has 0 aliphatic carbocycles. The third-order valence-corrected chi connectivity index (χ3v) is 5.43. The Labute approximate surface area is 158 Å².